The van der Waals surface area contributed by atoms with Crippen LogP contribution in [0.15, 0.2) is 41.5 Å². The van der Waals surface area contributed by atoms with Gasteiger partial charge in [-0.25, -0.2) is 14.3 Å². The second-order valence-electron chi connectivity index (χ2n) is 9.27. The lowest BCUT2D eigenvalue weighted by Gasteiger charge is -2.23. The van der Waals surface area contributed by atoms with Crippen molar-refractivity contribution >= 4 is 28.5 Å². The minimum absolute atomic E-state index is 0.0496. The molecule has 3 aromatic heterocycles. The average molecular weight is 508 g/mol. The van der Waals surface area contributed by atoms with Gasteiger partial charge in [-0.05, 0) is 55.4 Å². The molecule has 1 aliphatic heterocycles. The van der Waals surface area contributed by atoms with Crippen LogP contribution in [0.5, 0.6) is 5.75 Å². The number of nitro groups is 1. The molecule has 1 unspecified atom stereocenters. The number of fused-ring (bicyclic) bond motifs is 1. The highest BCUT2D eigenvalue weighted by Crippen LogP contribution is 2.30. The summed E-state index contributed by atoms with van der Waals surface area (Å²) in [5.74, 6) is 1.02. The van der Waals surface area contributed by atoms with Crippen LogP contribution in [0.1, 0.15) is 43.2 Å². The van der Waals surface area contributed by atoms with Crippen molar-refractivity contribution in [2.75, 3.05) is 18.5 Å². The molecule has 4 heterocycles. The molecular weight excluding hydrogens is 478 g/mol. The van der Waals surface area contributed by atoms with E-state index in [4.69, 9.17) is 9.47 Å². The molecule has 0 amide bonds. The second-order valence-corrected chi connectivity index (χ2v) is 9.27. The molecule has 1 N–H and O–H groups in total. The Morgan fingerprint density at radius 1 is 1.14 bits per heavy atom. The van der Waals surface area contributed by atoms with Crippen molar-refractivity contribution in [1.29, 1.82) is 0 Å². The second kappa shape index (κ2) is 9.69. The molecule has 37 heavy (non-hydrogen) atoms. The van der Waals surface area contributed by atoms with Gasteiger partial charge in [-0.2, -0.15) is 0 Å². The van der Waals surface area contributed by atoms with Gasteiger partial charge in [-0.1, -0.05) is 4.98 Å². The van der Waals surface area contributed by atoms with Crippen LogP contribution in [0.2, 0.25) is 0 Å². The molecule has 0 spiro atoms. The standard InChI is InChI=1S/C25H29N7O5/c1-15-11-18(37-16(2)21-13-27-24(29(21)3)32(34)35)5-6-19(15)28-23-12-20-22(14-26-23)30(4)25(33)31(20)17-7-9-36-10-8-17/h5-6,11-14,16-17H,7-10H2,1-4H3,(H,26,28). The van der Waals surface area contributed by atoms with Gasteiger partial charge in [0, 0.05) is 38.1 Å². The smallest absolute Gasteiger partial charge is 0.434 e. The molecule has 12 heteroatoms. The highest BCUT2D eigenvalue weighted by atomic mass is 16.6. The van der Waals surface area contributed by atoms with Gasteiger partial charge >= 0.3 is 11.6 Å². The Morgan fingerprint density at radius 3 is 2.57 bits per heavy atom. The fourth-order valence-electron chi connectivity index (χ4n) is 4.83. The quantitative estimate of drug-likeness (QED) is 0.294. The molecule has 4 aromatic rings. The van der Waals surface area contributed by atoms with Gasteiger partial charge in [0.15, 0.2) is 11.8 Å². The van der Waals surface area contributed by atoms with Crippen molar-refractivity contribution in [3.63, 3.8) is 0 Å². The maximum absolute atomic E-state index is 13.0. The van der Waals surface area contributed by atoms with Gasteiger partial charge in [0.1, 0.15) is 17.8 Å². The number of hydrogen-bond donors (Lipinski definition) is 1. The summed E-state index contributed by atoms with van der Waals surface area (Å²) in [6, 6.07) is 7.62. The Labute approximate surface area is 212 Å². The summed E-state index contributed by atoms with van der Waals surface area (Å²) in [7, 11) is 3.36. The Morgan fingerprint density at radius 2 is 1.89 bits per heavy atom. The summed E-state index contributed by atoms with van der Waals surface area (Å²) in [4.78, 5) is 31.9. The van der Waals surface area contributed by atoms with E-state index < -0.39 is 11.0 Å². The van der Waals surface area contributed by atoms with Crippen molar-refractivity contribution in [1.82, 2.24) is 23.7 Å². The predicted octanol–water partition coefficient (Wildman–Crippen LogP) is 3.92. The van der Waals surface area contributed by atoms with Crippen LogP contribution in [-0.4, -0.2) is 41.8 Å². The van der Waals surface area contributed by atoms with E-state index in [0.29, 0.717) is 30.5 Å². The van der Waals surface area contributed by atoms with E-state index in [1.165, 1.54) is 10.8 Å². The zero-order valence-electron chi connectivity index (χ0n) is 21.2. The van der Waals surface area contributed by atoms with Crippen molar-refractivity contribution in [2.24, 2.45) is 14.1 Å². The van der Waals surface area contributed by atoms with Crippen LogP contribution in [0.4, 0.5) is 17.5 Å². The third-order valence-electron chi connectivity index (χ3n) is 6.88. The molecule has 1 saturated heterocycles. The van der Waals surface area contributed by atoms with E-state index in [0.717, 1.165) is 35.1 Å². The number of imidazole rings is 2. The SMILES string of the molecule is Cc1cc(OC(C)c2cnc([N+](=O)[O-])n2C)ccc1Nc1cc2c(cn1)n(C)c(=O)n2C1CCOCC1. The summed E-state index contributed by atoms with van der Waals surface area (Å²) in [5, 5.41) is 14.4. The van der Waals surface area contributed by atoms with Gasteiger partial charge in [-0.15, -0.1) is 0 Å². The Kier molecular flexibility index (Phi) is 6.42. The maximum atomic E-state index is 13.0. The highest BCUT2D eigenvalue weighted by molar-refractivity contribution is 5.79. The molecule has 1 fully saturated rings. The van der Waals surface area contributed by atoms with Gasteiger partial charge in [0.25, 0.3) is 0 Å². The van der Waals surface area contributed by atoms with E-state index in [1.807, 2.05) is 42.7 Å². The van der Waals surface area contributed by atoms with Crippen LogP contribution in [-0.2, 0) is 18.8 Å². The van der Waals surface area contributed by atoms with E-state index in [1.54, 1.807) is 24.9 Å². The predicted molar refractivity (Wildman–Crippen MR) is 137 cm³/mol. The maximum Gasteiger partial charge on any atom is 0.434 e. The molecule has 0 aliphatic carbocycles. The molecule has 0 saturated carbocycles. The van der Waals surface area contributed by atoms with Crippen LogP contribution >= 0.6 is 0 Å². The molecule has 5 rings (SSSR count). The largest absolute Gasteiger partial charge is 0.483 e. The number of rotatable bonds is 7. The Bertz CT molecular complexity index is 1530. The van der Waals surface area contributed by atoms with Crippen LogP contribution < -0.4 is 15.7 Å². The average Bonchev–Trinajstić information content (AvgIpc) is 3.38. The summed E-state index contributed by atoms with van der Waals surface area (Å²) in [6.45, 7) is 5.06. The summed E-state index contributed by atoms with van der Waals surface area (Å²) >= 11 is 0. The number of nitrogens with one attached hydrogen (secondary N) is 1. The van der Waals surface area contributed by atoms with Crippen LogP contribution in [0.3, 0.4) is 0 Å². The molecule has 1 aromatic carbocycles. The lowest BCUT2D eigenvalue weighted by molar-refractivity contribution is -0.396. The Hall–Kier alpha value is -4.19. The normalized spacial score (nSPS) is 15.1. The summed E-state index contributed by atoms with van der Waals surface area (Å²) in [5.41, 5.74) is 3.95. The first kappa shape index (κ1) is 24.5. The van der Waals surface area contributed by atoms with Crippen molar-refractivity contribution in [2.45, 2.75) is 38.8 Å². The van der Waals surface area contributed by atoms with Crippen molar-refractivity contribution in [3.8, 4) is 5.75 Å². The zero-order chi connectivity index (χ0) is 26.3. The molecule has 194 valence electrons. The molecular formula is C25H29N7O5. The van der Waals surface area contributed by atoms with Crippen LogP contribution in [0, 0.1) is 17.0 Å². The van der Waals surface area contributed by atoms with E-state index in [-0.39, 0.29) is 17.7 Å². The minimum atomic E-state index is -0.523. The first-order valence-corrected chi connectivity index (χ1v) is 12.1. The number of anilines is 2. The van der Waals surface area contributed by atoms with Gasteiger partial charge in [0.05, 0.1) is 24.3 Å². The molecule has 1 atom stereocenters. The fourth-order valence-corrected chi connectivity index (χ4v) is 4.83. The number of aromatic nitrogens is 5. The Balaban J connectivity index is 1.37. The van der Waals surface area contributed by atoms with E-state index in [9.17, 15) is 14.9 Å². The summed E-state index contributed by atoms with van der Waals surface area (Å²) in [6.07, 6.45) is 4.34. The third kappa shape index (κ3) is 4.55. The lowest BCUT2D eigenvalue weighted by atomic mass is 10.1. The number of ether oxygens (including phenoxy) is 2. The number of hydrogen-bond acceptors (Lipinski definition) is 8. The third-order valence-corrected chi connectivity index (χ3v) is 6.88. The fraction of sp³-hybridized carbons (Fsp3) is 0.400. The van der Waals surface area contributed by atoms with Gasteiger partial charge in [-0.3, -0.25) is 9.13 Å². The molecule has 0 bridgehead atoms. The molecule has 1 aliphatic rings. The number of benzene rings is 1. The zero-order valence-corrected chi connectivity index (χ0v) is 21.2. The minimum Gasteiger partial charge on any atom is -0.483 e. The number of pyridine rings is 1. The van der Waals surface area contributed by atoms with Gasteiger partial charge < -0.3 is 24.9 Å². The number of nitrogens with zero attached hydrogens (tertiary/aromatic N) is 6. The van der Waals surface area contributed by atoms with E-state index >= 15 is 0 Å². The summed E-state index contributed by atoms with van der Waals surface area (Å²) < 4.78 is 16.4. The topological polar surface area (TPSA) is 131 Å². The van der Waals surface area contributed by atoms with Gasteiger partial charge in [0.2, 0.25) is 0 Å². The number of aryl methyl sites for hydroxylation is 2. The highest BCUT2D eigenvalue weighted by Gasteiger charge is 2.24. The van der Waals surface area contributed by atoms with Crippen LogP contribution in [0.25, 0.3) is 11.0 Å². The monoisotopic (exact) mass is 507 g/mol. The first-order valence-electron chi connectivity index (χ1n) is 12.1. The molecule has 0 radical (unpaired) electrons. The first-order chi connectivity index (χ1) is 17.7. The lowest BCUT2D eigenvalue weighted by Crippen LogP contribution is -2.29. The van der Waals surface area contributed by atoms with E-state index in [2.05, 4.69) is 15.3 Å². The van der Waals surface area contributed by atoms with Crippen molar-refractivity contribution < 1.29 is 14.4 Å². The molecule has 12 nitrogen and oxygen atoms in total. The van der Waals surface area contributed by atoms with Crippen molar-refractivity contribution in [3.05, 3.63) is 68.5 Å².